The maximum atomic E-state index is 11.1. The molecule has 0 bridgehead atoms. The van der Waals surface area contributed by atoms with Gasteiger partial charge in [-0.1, -0.05) is 6.07 Å². The molecule has 0 spiro atoms. The van der Waals surface area contributed by atoms with Gasteiger partial charge in [-0.05, 0) is 17.5 Å². The number of nitro groups is 1. The number of aliphatic hydroxyl groups is 1. The molecule has 2 atom stereocenters. The first kappa shape index (κ1) is 10.6. The van der Waals surface area contributed by atoms with Crippen LogP contribution in [0.1, 0.15) is 17.0 Å². The Morgan fingerprint density at radius 1 is 1.56 bits per heavy atom. The summed E-state index contributed by atoms with van der Waals surface area (Å²) in [4.78, 5) is 21.2. The second-order valence-electron chi connectivity index (χ2n) is 3.79. The highest BCUT2D eigenvalue weighted by Gasteiger charge is 2.36. The smallest absolute Gasteiger partial charge is 0.269 e. The molecule has 0 heterocycles. The van der Waals surface area contributed by atoms with Crippen molar-refractivity contribution in [3.63, 3.8) is 0 Å². The van der Waals surface area contributed by atoms with Crippen LogP contribution in [0.25, 0.3) is 0 Å². The minimum atomic E-state index is -0.880. The van der Waals surface area contributed by atoms with Gasteiger partial charge in [-0.2, -0.15) is 0 Å². The Labute approximate surface area is 90.8 Å². The summed E-state index contributed by atoms with van der Waals surface area (Å²) in [5.41, 5.74) is 6.27. The fourth-order valence-corrected chi connectivity index (χ4v) is 2.06. The molecular formula is C10H10N2O4. The van der Waals surface area contributed by atoms with Gasteiger partial charge < -0.3 is 10.8 Å². The van der Waals surface area contributed by atoms with E-state index in [1.54, 1.807) is 6.07 Å². The van der Waals surface area contributed by atoms with Crippen molar-refractivity contribution >= 4 is 11.6 Å². The molecule has 0 aromatic heterocycles. The molecule has 84 valence electrons. The zero-order chi connectivity index (χ0) is 11.9. The van der Waals surface area contributed by atoms with Crippen molar-refractivity contribution in [1.82, 2.24) is 0 Å². The summed E-state index contributed by atoms with van der Waals surface area (Å²) in [6.07, 6.45) is -0.574. The monoisotopic (exact) mass is 222 g/mol. The van der Waals surface area contributed by atoms with Gasteiger partial charge >= 0.3 is 0 Å². The molecule has 6 nitrogen and oxygen atoms in total. The normalized spacial score (nSPS) is 22.8. The second-order valence-corrected chi connectivity index (χ2v) is 3.79. The summed E-state index contributed by atoms with van der Waals surface area (Å²) in [5, 5.41) is 20.2. The number of nitro benzene ring substituents is 1. The summed E-state index contributed by atoms with van der Waals surface area (Å²) in [6.45, 7) is 0. The lowest BCUT2D eigenvalue weighted by Gasteiger charge is -2.10. The van der Waals surface area contributed by atoms with E-state index in [0.29, 0.717) is 12.0 Å². The van der Waals surface area contributed by atoms with Crippen molar-refractivity contribution in [2.45, 2.75) is 18.4 Å². The van der Waals surface area contributed by atoms with Gasteiger partial charge in [0.05, 0.1) is 16.9 Å². The Morgan fingerprint density at radius 2 is 2.25 bits per heavy atom. The molecule has 1 aromatic rings. The molecule has 0 radical (unpaired) electrons. The van der Waals surface area contributed by atoms with Crippen molar-refractivity contribution in [1.29, 1.82) is 0 Å². The molecule has 2 rings (SSSR count). The molecule has 1 amide bonds. The number of primary amides is 1. The Morgan fingerprint density at radius 3 is 2.81 bits per heavy atom. The molecular weight excluding hydrogens is 212 g/mol. The fraction of sp³-hybridized carbons (Fsp3) is 0.300. The largest absolute Gasteiger partial charge is 0.392 e. The first-order valence-electron chi connectivity index (χ1n) is 4.75. The zero-order valence-corrected chi connectivity index (χ0v) is 8.29. The average molecular weight is 222 g/mol. The van der Waals surface area contributed by atoms with Crippen LogP contribution < -0.4 is 5.73 Å². The van der Waals surface area contributed by atoms with E-state index in [9.17, 15) is 20.0 Å². The van der Waals surface area contributed by atoms with Crippen LogP contribution in [0.15, 0.2) is 18.2 Å². The van der Waals surface area contributed by atoms with Crippen LogP contribution in [-0.2, 0) is 11.2 Å². The standard InChI is InChI=1S/C10H10N2O4/c11-10(14)9-7-4-6(12(15)16)2-1-5(7)3-8(9)13/h1-2,4,8-9,13H,3H2,(H2,11,14). The van der Waals surface area contributed by atoms with E-state index in [4.69, 9.17) is 5.73 Å². The first-order chi connectivity index (χ1) is 7.50. The summed E-state index contributed by atoms with van der Waals surface area (Å²) in [7, 11) is 0. The van der Waals surface area contributed by atoms with Crippen LogP contribution in [0.2, 0.25) is 0 Å². The summed E-state index contributed by atoms with van der Waals surface area (Å²) >= 11 is 0. The lowest BCUT2D eigenvalue weighted by Crippen LogP contribution is -2.28. The highest BCUT2D eigenvalue weighted by molar-refractivity contribution is 5.84. The Bertz CT molecular complexity index is 472. The number of amides is 1. The van der Waals surface area contributed by atoms with Gasteiger partial charge in [-0.15, -0.1) is 0 Å². The van der Waals surface area contributed by atoms with Gasteiger partial charge in [0.2, 0.25) is 5.91 Å². The predicted molar refractivity (Wildman–Crippen MR) is 54.7 cm³/mol. The summed E-state index contributed by atoms with van der Waals surface area (Å²) in [6, 6.07) is 4.22. The van der Waals surface area contributed by atoms with E-state index in [1.165, 1.54) is 12.1 Å². The fourth-order valence-electron chi connectivity index (χ4n) is 2.06. The highest BCUT2D eigenvalue weighted by atomic mass is 16.6. The second kappa shape index (κ2) is 3.57. The Hall–Kier alpha value is -1.95. The molecule has 1 aliphatic rings. The number of nitrogens with zero attached hydrogens (tertiary/aromatic N) is 1. The van der Waals surface area contributed by atoms with Crippen molar-refractivity contribution in [3.05, 3.63) is 39.4 Å². The number of non-ortho nitro benzene ring substituents is 1. The van der Waals surface area contributed by atoms with E-state index in [0.717, 1.165) is 5.56 Å². The minimum absolute atomic E-state index is 0.0981. The Kier molecular flexibility index (Phi) is 2.35. The van der Waals surface area contributed by atoms with Crippen LogP contribution in [-0.4, -0.2) is 22.0 Å². The third-order valence-electron chi connectivity index (χ3n) is 2.80. The molecule has 0 saturated heterocycles. The van der Waals surface area contributed by atoms with Gasteiger partial charge in [0.25, 0.3) is 5.69 Å². The predicted octanol–water partition coefficient (Wildman–Crippen LogP) is 0.0807. The molecule has 16 heavy (non-hydrogen) atoms. The number of rotatable bonds is 2. The van der Waals surface area contributed by atoms with E-state index in [1.807, 2.05) is 0 Å². The van der Waals surface area contributed by atoms with Gasteiger partial charge in [-0.25, -0.2) is 0 Å². The Balaban J connectivity index is 2.50. The molecule has 6 heteroatoms. The van der Waals surface area contributed by atoms with E-state index in [2.05, 4.69) is 0 Å². The van der Waals surface area contributed by atoms with Crippen molar-refractivity contribution in [2.24, 2.45) is 5.73 Å². The van der Waals surface area contributed by atoms with Crippen LogP contribution in [0.3, 0.4) is 0 Å². The molecule has 0 saturated carbocycles. The number of hydrogen-bond acceptors (Lipinski definition) is 4. The number of aliphatic hydroxyl groups excluding tert-OH is 1. The number of carbonyl (C=O) groups is 1. The lowest BCUT2D eigenvalue weighted by molar-refractivity contribution is -0.384. The maximum absolute atomic E-state index is 11.1. The molecule has 3 N–H and O–H groups in total. The molecule has 0 aliphatic heterocycles. The number of benzene rings is 1. The van der Waals surface area contributed by atoms with Crippen LogP contribution in [0, 0.1) is 10.1 Å². The molecule has 1 aromatic carbocycles. The topological polar surface area (TPSA) is 106 Å². The summed E-state index contributed by atoms with van der Waals surface area (Å²) in [5.74, 6) is -1.50. The molecule has 0 fully saturated rings. The van der Waals surface area contributed by atoms with Crippen LogP contribution in [0.5, 0.6) is 0 Å². The minimum Gasteiger partial charge on any atom is -0.392 e. The van der Waals surface area contributed by atoms with E-state index in [-0.39, 0.29) is 5.69 Å². The maximum Gasteiger partial charge on any atom is 0.269 e. The highest BCUT2D eigenvalue weighted by Crippen LogP contribution is 2.35. The van der Waals surface area contributed by atoms with Gasteiger partial charge in [0.1, 0.15) is 0 Å². The first-order valence-corrected chi connectivity index (χ1v) is 4.75. The van der Waals surface area contributed by atoms with Crippen molar-refractivity contribution in [3.8, 4) is 0 Å². The van der Waals surface area contributed by atoms with E-state index < -0.39 is 22.9 Å². The molecule has 2 unspecified atom stereocenters. The third-order valence-corrected chi connectivity index (χ3v) is 2.80. The van der Waals surface area contributed by atoms with Crippen LogP contribution in [0.4, 0.5) is 5.69 Å². The van der Waals surface area contributed by atoms with Gasteiger partial charge in [-0.3, -0.25) is 14.9 Å². The zero-order valence-electron chi connectivity index (χ0n) is 8.29. The average Bonchev–Trinajstić information content (AvgIpc) is 2.51. The van der Waals surface area contributed by atoms with E-state index >= 15 is 0 Å². The number of hydrogen-bond donors (Lipinski definition) is 2. The van der Waals surface area contributed by atoms with Crippen molar-refractivity contribution in [2.75, 3.05) is 0 Å². The van der Waals surface area contributed by atoms with Crippen LogP contribution >= 0.6 is 0 Å². The third kappa shape index (κ3) is 1.53. The number of carbonyl (C=O) groups excluding carboxylic acids is 1. The summed E-state index contributed by atoms with van der Waals surface area (Å²) < 4.78 is 0. The molecule has 1 aliphatic carbocycles. The number of nitrogens with two attached hydrogens (primary N) is 1. The SMILES string of the molecule is NC(=O)C1c2cc([N+](=O)[O-])ccc2CC1O. The van der Waals surface area contributed by atoms with Gasteiger partial charge in [0, 0.05) is 12.1 Å². The quantitative estimate of drug-likeness (QED) is 0.545. The lowest BCUT2D eigenvalue weighted by atomic mass is 9.99. The van der Waals surface area contributed by atoms with Crippen molar-refractivity contribution < 1.29 is 14.8 Å². The number of fused-ring (bicyclic) bond motifs is 1. The van der Waals surface area contributed by atoms with Gasteiger partial charge in [0.15, 0.2) is 0 Å².